The highest BCUT2D eigenvalue weighted by Gasteiger charge is 2.34. The van der Waals surface area contributed by atoms with Crippen molar-refractivity contribution in [2.45, 2.75) is 13.0 Å². The minimum atomic E-state index is -0.282. The van der Waals surface area contributed by atoms with Crippen LogP contribution in [0.15, 0.2) is 56.3 Å². The lowest BCUT2D eigenvalue weighted by atomic mass is 10.1. The number of nitrogens with zero attached hydrogens (tertiary/aromatic N) is 1. The van der Waals surface area contributed by atoms with Crippen LogP contribution in [-0.4, -0.2) is 36.3 Å². The van der Waals surface area contributed by atoms with Gasteiger partial charge in [0.15, 0.2) is 0 Å². The highest BCUT2D eigenvalue weighted by Crippen LogP contribution is 2.35. The van der Waals surface area contributed by atoms with E-state index >= 15 is 0 Å². The molecule has 0 N–H and O–H groups in total. The number of thioether (sulfide) groups is 1. The predicted octanol–water partition coefficient (Wildman–Crippen LogP) is 5.86. The van der Waals surface area contributed by atoms with Crippen LogP contribution in [0.3, 0.4) is 0 Å². The van der Waals surface area contributed by atoms with E-state index in [9.17, 15) is 9.59 Å². The number of rotatable bonds is 8. The molecule has 1 aliphatic rings. The van der Waals surface area contributed by atoms with Gasteiger partial charge in [0.2, 0.25) is 0 Å². The van der Waals surface area contributed by atoms with Gasteiger partial charge in [-0.1, -0.05) is 44.0 Å². The average molecular weight is 541 g/mol. The monoisotopic (exact) mass is 539 g/mol. The van der Waals surface area contributed by atoms with Crippen LogP contribution in [0.5, 0.6) is 5.75 Å². The minimum Gasteiger partial charge on any atom is -0.488 e. The van der Waals surface area contributed by atoms with Crippen molar-refractivity contribution in [3.05, 3.63) is 67.4 Å². The first-order chi connectivity index (χ1) is 14.0. The molecule has 8 heteroatoms. The number of benzene rings is 2. The van der Waals surface area contributed by atoms with E-state index in [0.717, 1.165) is 31.8 Å². The highest BCUT2D eigenvalue weighted by molar-refractivity contribution is 9.10. The molecule has 0 aliphatic carbocycles. The number of methoxy groups -OCH3 is 1. The zero-order valence-corrected chi connectivity index (χ0v) is 19.7. The summed E-state index contributed by atoms with van der Waals surface area (Å²) >= 11 is 7.82. The quantitative estimate of drug-likeness (QED) is 0.310. The van der Waals surface area contributed by atoms with Crippen molar-refractivity contribution >= 4 is 60.8 Å². The van der Waals surface area contributed by atoms with Crippen LogP contribution in [0, 0.1) is 0 Å². The highest BCUT2D eigenvalue weighted by atomic mass is 79.9. The predicted molar refractivity (Wildman–Crippen MR) is 122 cm³/mol. The smallest absolute Gasteiger partial charge is 0.293 e. The summed E-state index contributed by atoms with van der Waals surface area (Å²) in [6.07, 6.45) is 2.32. The molecule has 0 radical (unpaired) electrons. The maximum absolute atomic E-state index is 12.6. The van der Waals surface area contributed by atoms with E-state index in [2.05, 4.69) is 31.9 Å². The molecule has 0 spiro atoms. The van der Waals surface area contributed by atoms with Gasteiger partial charge in [-0.05, 0) is 60.2 Å². The fourth-order valence-electron chi connectivity index (χ4n) is 2.71. The maximum Gasteiger partial charge on any atom is 0.293 e. The van der Waals surface area contributed by atoms with Crippen molar-refractivity contribution in [3.8, 4) is 5.75 Å². The first-order valence-electron chi connectivity index (χ1n) is 8.89. The number of amides is 2. The van der Waals surface area contributed by atoms with Gasteiger partial charge in [-0.2, -0.15) is 0 Å². The summed E-state index contributed by atoms with van der Waals surface area (Å²) in [6.45, 7) is 1.25. The molecule has 1 fully saturated rings. The van der Waals surface area contributed by atoms with Crippen LogP contribution >= 0.6 is 43.6 Å². The van der Waals surface area contributed by atoms with Gasteiger partial charge in [0, 0.05) is 34.8 Å². The lowest BCUT2D eigenvalue weighted by Gasteiger charge is -2.12. The van der Waals surface area contributed by atoms with E-state index in [0.29, 0.717) is 36.8 Å². The number of ether oxygens (including phenoxy) is 2. The van der Waals surface area contributed by atoms with Crippen LogP contribution in [0.25, 0.3) is 6.08 Å². The minimum absolute atomic E-state index is 0.260. The molecule has 1 saturated heterocycles. The topological polar surface area (TPSA) is 55.8 Å². The fourth-order valence-corrected chi connectivity index (χ4v) is 4.21. The number of halogens is 2. The lowest BCUT2D eigenvalue weighted by molar-refractivity contribution is -0.122. The van der Waals surface area contributed by atoms with Gasteiger partial charge in [-0.3, -0.25) is 14.5 Å². The van der Waals surface area contributed by atoms with Gasteiger partial charge < -0.3 is 9.47 Å². The van der Waals surface area contributed by atoms with Gasteiger partial charge in [0.05, 0.1) is 4.91 Å². The third kappa shape index (κ3) is 5.94. The summed E-state index contributed by atoms with van der Waals surface area (Å²) in [5.74, 6) is 0.359. The summed E-state index contributed by atoms with van der Waals surface area (Å²) < 4.78 is 12.8. The number of imide groups is 1. The fraction of sp³-hybridized carbons (Fsp3) is 0.238. The standard InChI is InChI=1S/C21H19Br2NO4S/c1-27-10-2-9-24-20(25)19(29-21(24)26)12-15-11-17(23)7-8-18(15)28-13-14-3-5-16(22)6-4-14/h3-8,11-12H,2,9-10,13H2,1H3/b19-12+. The molecule has 152 valence electrons. The van der Waals surface area contributed by atoms with E-state index in [-0.39, 0.29) is 11.1 Å². The summed E-state index contributed by atoms with van der Waals surface area (Å²) in [7, 11) is 1.59. The number of carbonyl (C=O) groups is 2. The van der Waals surface area contributed by atoms with Crippen LogP contribution in [0.4, 0.5) is 4.79 Å². The van der Waals surface area contributed by atoms with Gasteiger partial charge in [-0.25, -0.2) is 0 Å². The van der Waals surface area contributed by atoms with Crippen molar-refractivity contribution in [2.75, 3.05) is 20.3 Å². The van der Waals surface area contributed by atoms with Crippen molar-refractivity contribution in [1.82, 2.24) is 4.90 Å². The maximum atomic E-state index is 12.6. The van der Waals surface area contributed by atoms with E-state index in [4.69, 9.17) is 9.47 Å². The van der Waals surface area contributed by atoms with Gasteiger partial charge in [-0.15, -0.1) is 0 Å². The number of carbonyl (C=O) groups excluding carboxylic acids is 2. The second-order valence-corrected chi connectivity index (χ2v) is 9.10. The Labute approximate surface area is 190 Å². The second-order valence-electron chi connectivity index (χ2n) is 6.28. The molecule has 0 atom stereocenters. The van der Waals surface area contributed by atoms with Crippen molar-refractivity contribution < 1.29 is 19.1 Å². The van der Waals surface area contributed by atoms with E-state index in [1.165, 1.54) is 4.90 Å². The van der Waals surface area contributed by atoms with Crippen LogP contribution < -0.4 is 4.74 Å². The lowest BCUT2D eigenvalue weighted by Crippen LogP contribution is -2.29. The molecule has 29 heavy (non-hydrogen) atoms. The summed E-state index contributed by atoms with van der Waals surface area (Å²) in [5.41, 5.74) is 1.76. The SMILES string of the molecule is COCCCN1C(=O)S/C(=C/c2cc(Br)ccc2OCc2ccc(Br)cc2)C1=O. The first kappa shape index (κ1) is 22.1. The summed E-state index contributed by atoms with van der Waals surface area (Å²) in [6, 6.07) is 13.5. The molecule has 0 unspecified atom stereocenters. The molecule has 1 heterocycles. The Balaban J connectivity index is 1.77. The number of hydrogen-bond donors (Lipinski definition) is 0. The Morgan fingerprint density at radius 1 is 1.07 bits per heavy atom. The Bertz CT molecular complexity index is 931. The van der Waals surface area contributed by atoms with Gasteiger partial charge >= 0.3 is 0 Å². The van der Waals surface area contributed by atoms with Crippen LogP contribution in [0.2, 0.25) is 0 Å². The van der Waals surface area contributed by atoms with E-state index in [1.54, 1.807) is 13.2 Å². The first-order valence-corrected chi connectivity index (χ1v) is 11.3. The third-order valence-electron chi connectivity index (χ3n) is 4.17. The Hall–Kier alpha value is -1.61. The summed E-state index contributed by atoms with van der Waals surface area (Å²) in [4.78, 5) is 26.5. The number of hydrogen-bond acceptors (Lipinski definition) is 5. The van der Waals surface area contributed by atoms with Crippen molar-refractivity contribution in [1.29, 1.82) is 0 Å². The van der Waals surface area contributed by atoms with E-state index < -0.39 is 0 Å². The van der Waals surface area contributed by atoms with Crippen molar-refractivity contribution in [2.24, 2.45) is 0 Å². The van der Waals surface area contributed by atoms with Gasteiger partial charge in [0.25, 0.3) is 11.1 Å². The summed E-state index contributed by atoms with van der Waals surface area (Å²) in [5, 5.41) is -0.260. The second kappa shape index (κ2) is 10.4. The Kier molecular flexibility index (Phi) is 7.94. The zero-order valence-electron chi connectivity index (χ0n) is 15.7. The largest absolute Gasteiger partial charge is 0.488 e. The molecule has 2 amide bonds. The molecular weight excluding hydrogens is 522 g/mol. The Morgan fingerprint density at radius 3 is 2.52 bits per heavy atom. The molecule has 2 aromatic rings. The molecule has 5 nitrogen and oxygen atoms in total. The zero-order chi connectivity index (χ0) is 20.8. The molecule has 3 rings (SSSR count). The third-order valence-corrected chi connectivity index (χ3v) is 6.10. The van der Waals surface area contributed by atoms with Crippen molar-refractivity contribution in [3.63, 3.8) is 0 Å². The molecule has 0 saturated carbocycles. The molecule has 2 aromatic carbocycles. The van der Waals surface area contributed by atoms with Crippen LogP contribution in [-0.2, 0) is 16.1 Å². The normalized spacial score (nSPS) is 15.4. The van der Waals surface area contributed by atoms with E-state index in [1.807, 2.05) is 42.5 Å². The average Bonchev–Trinajstić information content (AvgIpc) is 2.96. The molecule has 0 aromatic heterocycles. The molecule has 0 bridgehead atoms. The van der Waals surface area contributed by atoms with Crippen LogP contribution in [0.1, 0.15) is 17.5 Å². The van der Waals surface area contributed by atoms with Gasteiger partial charge in [0.1, 0.15) is 12.4 Å². The Morgan fingerprint density at radius 2 is 1.79 bits per heavy atom. The molecular formula is C21H19Br2NO4S. The molecule has 1 aliphatic heterocycles.